The van der Waals surface area contributed by atoms with Crippen LogP contribution in [0.4, 0.5) is 5.82 Å². The van der Waals surface area contributed by atoms with Crippen LogP contribution in [0.5, 0.6) is 0 Å². The van der Waals surface area contributed by atoms with Crippen LogP contribution >= 0.6 is 11.6 Å². The third-order valence-corrected chi connectivity index (χ3v) is 8.51. The van der Waals surface area contributed by atoms with Crippen LogP contribution in [0, 0.1) is 6.92 Å². The molecule has 2 heterocycles. The number of rotatable bonds is 5. The fourth-order valence-corrected chi connectivity index (χ4v) is 6.32. The summed E-state index contributed by atoms with van der Waals surface area (Å²) >= 11 is 6.66. The summed E-state index contributed by atoms with van der Waals surface area (Å²) in [5, 5.41) is 1.28. The van der Waals surface area contributed by atoms with Crippen LogP contribution in [0.2, 0.25) is 5.02 Å². The molecular weight excluding hydrogens is 496 g/mol. The molecule has 0 aliphatic carbocycles. The first-order valence-corrected chi connectivity index (χ1v) is 13.5. The first kappa shape index (κ1) is 24.2. The Bertz CT molecular complexity index is 1590. The third-order valence-electron chi connectivity index (χ3n) is 6.39. The second-order valence-corrected chi connectivity index (χ2v) is 10.9. The fourth-order valence-electron chi connectivity index (χ4n) is 4.69. The fraction of sp³-hybridized carbons (Fsp3) is 0.179. The molecule has 0 amide bonds. The van der Waals surface area contributed by atoms with Gasteiger partial charge >= 0.3 is 5.97 Å². The Kier molecular flexibility index (Phi) is 6.36. The predicted octanol–water partition coefficient (Wildman–Crippen LogP) is 5.96. The second-order valence-electron chi connectivity index (χ2n) is 8.62. The molecule has 1 unspecified atom stereocenters. The van der Waals surface area contributed by atoms with E-state index in [9.17, 15) is 13.2 Å². The minimum Gasteiger partial charge on any atom is -0.463 e. The van der Waals surface area contributed by atoms with E-state index >= 15 is 0 Å². The van der Waals surface area contributed by atoms with Crippen molar-refractivity contribution in [3.05, 3.63) is 106 Å². The van der Waals surface area contributed by atoms with Gasteiger partial charge in [-0.3, -0.25) is 0 Å². The summed E-state index contributed by atoms with van der Waals surface area (Å²) in [6, 6.07) is 21.6. The number of fused-ring (bicyclic) bond motifs is 3. The molecule has 0 spiro atoms. The number of nitrogens with one attached hydrogen (secondary N) is 1. The summed E-state index contributed by atoms with van der Waals surface area (Å²) in [7, 11) is -3.97. The van der Waals surface area contributed by atoms with Gasteiger partial charge in [-0.2, -0.15) is 0 Å². The van der Waals surface area contributed by atoms with Crippen LogP contribution in [0.25, 0.3) is 10.9 Å². The number of nitrogens with zero attached hydrogens (tertiary/aromatic N) is 1. The number of ether oxygens (including phenoxy) is 1. The van der Waals surface area contributed by atoms with Gasteiger partial charge in [0.25, 0.3) is 10.0 Å². The Balaban J connectivity index is 1.82. The lowest BCUT2D eigenvalue weighted by atomic mass is 9.84. The zero-order chi connectivity index (χ0) is 25.4. The maximum Gasteiger partial charge on any atom is 0.334 e. The number of para-hydroxylation sites is 1. The van der Waals surface area contributed by atoms with Crippen LogP contribution in [-0.4, -0.2) is 32.5 Å². The molecule has 1 aromatic heterocycles. The van der Waals surface area contributed by atoms with E-state index in [0.29, 0.717) is 27.5 Å². The monoisotopic (exact) mass is 520 g/mol. The molecule has 36 heavy (non-hydrogen) atoms. The molecular formula is C28H25ClN2O4S. The van der Waals surface area contributed by atoms with Crippen molar-refractivity contribution in [3.63, 3.8) is 0 Å². The van der Waals surface area contributed by atoms with Gasteiger partial charge in [0.05, 0.1) is 18.0 Å². The number of hydrogen-bond acceptors (Lipinski definition) is 4. The SMILES string of the molecule is CCOC(=O)C1=CCN(S(=O)(=O)c2ccc(C)cc2)c2[nH]c3ccccc3c2C1c1ccccc1Cl. The summed E-state index contributed by atoms with van der Waals surface area (Å²) in [6.45, 7) is 3.79. The lowest BCUT2D eigenvalue weighted by molar-refractivity contribution is -0.138. The van der Waals surface area contributed by atoms with E-state index < -0.39 is 21.9 Å². The highest BCUT2D eigenvalue weighted by Crippen LogP contribution is 2.47. The average molecular weight is 521 g/mol. The molecule has 3 aromatic carbocycles. The predicted molar refractivity (Wildman–Crippen MR) is 142 cm³/mol. The normalized spacial score (nSPS) is 15.8. The number of sulfonamides is 1. The molecule has 6 nitrogen and oxygen atoms in total. The lowest BCUT2D eigenvalue weighted by Crippen LogP contribution is -2.31. The number of H-pyrrole nitrogens is 1. The maximum absolute atomic E-state index is 13.9. The molecule has 0 saturated carbocycles. The average Bonchev–Trinajstić information content (AvgIpc) is 3.14. The molecule has 1 N–H and O–H groups in total. The van der Waals surface area contributed by atoms with Gasteiger partial charge in [0.2, 0.25) is 0 Å². The second kappa shape index (κ2) is 9.48. The highest BCUT2D eigenvalue weighted by Gasteiger charge is 2.38. The number of aromatic amines is 1. The van der Waals surface area contributed by atoms with Crippen molar-refractivity contribution >= 4 is 44.3 Å². The van der Waals surface area contributed by atoms with E-state index in [1.807, 2.05) is 49.4 Å². The van der Waals surface area contributed by atoms with Gasteiger partial charge in [-0.15, -0.1) is 0 Å². The zero-order valence-electron chi connectivity index (χ0n) is 19.9. The minimum absolute atomic E-state index is 0.0505. The van der Waals surface area contributed by atoms with Crippen LogP contribution in [0.3, 0.4) is 0 Å². The summed E-state index contributed by atoms with van der Waals surface area (Å²) in [4.78, 5) is 16.8. The molecule has 0 bridgehead atoms. The molecule has 1 atom stereocenters. The summed E-state index contributed by atoms with van der Waals surface area (Å²) < 4.78 is 34.6. The number of hydrogen-bond donors (Lipinski definition) is 1. The van der Waals surface area contributed by atoms with Crippen molar-refractivity contribution in [1.82, 2.24) is 4.98 Å². The van der Waals surface area contributed by atoms with Crippen molar-refractivity contribution in [3.8, 4) is 0 Å². The Morgan fingerprint density at radius 1 is 1.06 bits per heavy atom. The quantitative estimate of drug-likeness (QED) is 0.329. The number of benzene rings is 3. The number of carbonyl (C=O) groups is 1. The largest absolute Gasteiger partial charge is 0.463 e. The van der Waals surface area contributed by atoms with Crippen LogP contribution in [0.1, 0.15) is 29.5 Å². The Morgan fingerprint density at radius 3 is 2.47 bits per heavy atom. The Labute approximate surface area is 215 Å². The van der Waals surface area contributed by atoms with Gasteiger partial charge < -0.3 is 9.72 Å². The van der Waals surface area contributed by atoms with Crippen LogP contribution in [0.15, 0.2) is 89.3 Å². The number of aromatic nitrogens is 1. The molecule has 0 radical (unpaired) electrons. The Morgan fingerprint density at radius 2 is 1.75 bits per heavy atom. The molecule has 0 fully saturated rings. The summed E-state index contributed by atoms with van der Waals surface area (Å²) in [6.07, 6.45) is 1.64. The number of halogens is 1. The zero-order valence-corrected chi connectivity index (χ0v) is 21.4. The van der Waals surface area contributed by atoms with Gasteiger partial charge in [0.1, 0.15) is 5.82 Å². The molecule has 1 aliphatic rings. The van der Waals surface area contributed by atoms with Crippen molar-refractivity contribution < 1.29 is 17.9 Å². The topological polar surface area (TPSA) is 79.5 Å². The third kappa shape index (κ3) is 4.08. The van der Waals surface area contributed by atoms with E-state index in [0.717, 1.165) is 16.5 Å². The molecule has 4 aromatic rings. The first-order valence-electron chi connectivity index (χ1n) is 11.6. The summed E-state index contributed by atoms with van der Waals surface area (Å²) in [5.74, 6) is -0.743. The first-order chi connectivity index (χ1) is 17.3. The van der Waals surface area contributed by atoms with E-state index in [-0.39, 0.29) is 18.0 Å². The van der Waals surface area contributed by atoms with Gasteiger partial charge in [-0.1, -0.05) is 71.8 Å². The molecule has 0 saturated heterocycles. The van der Waals surface area contributed by atoms with Crippen molar-refractivity contribution in [2.45, 2.75) is 24.7 Å². The van der Waals surface area contributed by atoms with Gasteiger partial charge in [0, 0.05) is 33.0 Å². The van der Waals surface area contributed by atoms with E-state index in [4.69, 9.17) is 16.3 Å². The minimum atomic E-state index is -3.97. The van der Waals surface area contributed by atoms with Gasteiger partial charge in [-0.25, -0.2) is 17.5 Å². The highest BCUT2D eigenvalue weighted by atomic mass is 35.5. The van der Waals surface area contributed by atoms with Crippen molar-refractivity contribution in [2.75, 3.05) is 17.5 Å². The van der Waals surface area contributed by atoms with Crippen LogP contribution < -0.4 is 4.31 Å². The maximum atomic E-state index is 13.9. The smallest absolute Gasteiger partial charge is 0.334 e. The van der Waals surface area contributed by atoms with E-state index in [1.54, 1.807) is 43.3 Å². The number of carbonyl (C=O) groups excluding carboxylic acids is 1. The highest BCUT2D eigenvalue weighted by molar-refractivity contribution is 7.92. The molecule has 184 valence electrons. The molecule has 8 heteroatoms. The van der Waals surface area contributed by atoms with Crippen molar-refractivity contribution in [1.29, 1.82) is 0 Å². The number of aryl methyl sites for hydroxylation is 1. The van der Waals surface area contributed by atoms with Gasteiger partial charge in [0.15, 0.2) is 0 Å². The van der Waals surface area contributed by atoms with E-state index in [1.165, 1.54) is 4.31 Å². The standard InChI is InChI=1S/C28H25ClN2O4S/c1-3-35-28(32)22-16-17-31(36(33,34)19-14-12-18(2)13-15-19)27-26(21-9-5-7-11-24(21)30-27)25(22)20-8-4-6-10-23(20)29/h4-16,25,30H,3,17H2,1-2H3. The van der Waals surface area contributed by atoms with Gasteiger partial charge in [-0.05, 0) is 43.7 Å². The van der Waals surface area contributed by atoms with Crippen LogP contribution in [-0.2, 0) is 19.6 Å². The molecule has 1 aliphatic heterocycles. The van der Waals surface area contributed by atoms with E-state index in [2.05, 4.69) is 4.98 Å². The molecule has 5 rings (SSSR count). The lowest BCUT2D eigenvalue weighted by Gasteiger charge is -2.24. The number of anilines is 1. The summed E-state index contributed by atoms with van der Waals surface area (Å²) in [5.41, 5.74) is 3.41. The number of esters is 1. The Hall–Kier alpha value is -3.55. The van der Waals surface area contributed by atoms with Crippen molar-refractivity contribution in [2.24, 2.45) is 0 Å².